The average Bonchev–Trinajstić information content (AvgIpc) is 2.66. The van der Waals surface area contributed by atoms with Gasteiger partial charge in [-0.05, 0) is 0 Å². The number of ether oxygens (including phenoxy) is 1. The Morgan fingerprint density at radius 2 is 2.05 bits per heavy atom. The molecule has 2 heterocycles. The first kappa shape index (κ1) is 13.6. The fourth-order valence-electron chi connectivity index (χ4n) is 1.91. The molecule has 1 aromatic heterocycles. The molecule has 0 radical (unpaired) electrons. The molecule has 1 saturated heterocycles. The molecule has 0 amide bonds. The van der Waals surface area contributed by atoms with Crippen molar-refractivity contribution in [2.45, 2.75) is 24.5 Å². The SMILES string of the molecule is O=c1ccc([N+](=O)[O-])cn1[C@@H]1O[C@H](CO)[C@@H](O)[C@H]1O. The highest BCUT2D eigenvalue weighted by Crippen LogP contribution is 2.28. The summed E-state index contributed by atoms with van der Waals surface area (Å²) in [6.07, 6.45) is -4.24. The molecule has 0 unspecified atom stereocenters. The molecule has 1 aliphatic heterocycles. The lowest BCUT2D eigenvalue weighted by Gasteiger charge is -2.16. The van der Waals surface area contributed by atoms with E-state index < -0.39 is 41.6 Å². The van der Waals surface area contributed by atoms with E-state index in [0.29, 0.717) is 0 Å². The summed E-state index contributed by atoms with van der Waals surface area (Å²) in [5, 5.41) is 38.9. The number of aliphatic hydroxyl groups is 3. The summed E-state index contributed by atoms with van der Waals surface area (Å²) in [5.41, 5.74) is -0.974. The third-order valence-electron chi connectivity index (χ3n) is 2.92. The Morgan fingerprint density at radius 1 is 1.37 bits per heavy atom. The number of hydrogen-bond donors (Lipinski definition) is 3. The molecule has 0 aromatic carbocycles. The molecular formula is C10H12N2O7. The normalized spacial score (nSPS) is 30.5. The zero-order chi connectivity index (χ0) is 14.2. The summed E-state index contributed by atoms with van der Waals surface area (Å²) in [6, 6.07) is 1.99. The number of hydrogen-bond acceptors (Lipinski definition) is 7. The lowest BCUT2D eigenvalue weighted by Crippen LogP contribution is -2.35. The van der Waals surface area contributed by atoms with Crippen molar-refractivity contribution in [1.82, 2.24) is 4.57 Å². The molecule has 4 atom stereocenters. The minimum absolute atomic E-state index is 0.350. The number of aromatic nitrogens is 1. The van der Waals surface area contributed by atoms with E-state index in [9.17, 15) is 25.1 Å². The molecule has 1 fully saturated rings. The number of pyridine rings is 1. The van der Waals surface area contributed by atoms with Crippen LogP contribution in [0.5, 0.6) is 0 Å². The first-order chi connectivity index (χ1) is 8.95. The minimum Gasteiger partial charge on any atom is -0.394 e. The van der Waals surface area contributed by atoms with Crippen molar-refractivity contribution in [2.75, 3.05) is 6.61 Å². The van der Waals surface area contributed by atoms with Gasteiger partial charge in [-0.15, -0.1) is 0 Å². The fraction of sp³-hybridized carbons (Fsp3) is 0.500. The second kappa shape index (κ2) is 5.05. The number of nitro groups is 1. The molecule has 0 aliphatic carbocycles. The van der Waals surface area contributed by atoms with E-state index in [1.165, 1.54) is 0 Å². The van der Waals surface area contributed by atoms with E-state index in [1.54, 1.807) is 0 Å². The van der Waals surface area contributed by atoms with Crippen molar-refractivity contribution in [3.63, 3.8) is 0 Å². The largest absolute Gasteiger partial charge is 0.394 e. The summed E-state index contributed by atoms with van der Waals surface area (Å²) in [5.74, 6) is 0. The predicted octanol–water partition coefficient (Wildman–Crippen LogP) is -1.63. The molecule has 0 spiro atoms. The smallest absolute Gasteiger partial charge is 0.285 e. The zero-order valence-electron chi connectivity index (χ0n) is 9.62. The summed E-state index contributed by atoms with van der Waals surface area (Å²) < 4.78 is 5.95. The molecule has 9 nitrogen and oxygen atoms in total. The van der Waals surface area contributed by atoms with Crippen LogP contribution < -0.4 is 5.56 Å². The molecule has 19 heavy (non-hydrogen) atoms. The third kappa shape index (κ3) is 2.36. The third-order valence-corrected chi connectivity index (χ3v) is 2.92. The topological polar surface area (TPSA) is 135 Å². The van der Waals surface area contributed by atoms with Crippen LogP contribution in [0.15, 0.2) is 23.1 Å². The van der Waals surface area contributed by atoms with E-state index in [-0.39, 0.29) is 5.69 Å². The average molecular weight is 272 g/mol. The number of nitrogens with zero attached hydrogens (tertiary/aromatic N) is 2. The molecular weight excluding hydrogens is 260 g/mol. The van der Waals surface area contributed by atoms with Crippen molar-refractivity contribution >= 4 is 5.69 Å². The van der Waals surface area contributed by atoms with Gasteiger partial charge in [-0.1, -0.05) is 0 Å². The van der Waals surface area contributed by atoms with E-state index in [1.807, 2.05) is 0 Å². The van der Waals surface area contributed by atoms with E-state index in [0.717, 1.165) is 22.9 Å². The van der Waals surface area contributed by atoms with Crippen LogP contribution in [-0.4, -0.2) is 49.7 Å². The van der Waals surface area contributed by atoms with Crippen LogP contribution in [0, 0.1) is 10.1 Å². The molecule has 0 bridgehead atoms. The zero-order valence-corrected chi connectivity index (χ0v) is 9.62. The van der Waals surface area contributed by atoms with Gasteiger partial charge in [0, 0.05) is 12.1 Å². The Bertz CT molecular complexity index is 543. The van der Waals surface area contributed by atoms with Crippen LogP contribution in [-0.2, 0) is 4.74 Å². The molecule has 0 saturated carbocycles. The van der Waals surface area contributed by atoms with Gasteiger partial charge >= 0.3 is 0 Å². The maximum Gasteiger partial charge on any atom is 0.285 e. The standard InChI is InChI=1S/C10H12N2O7/c13-4-6-8(15)9(16)10(19-6)11-3-5(12(17)18)1-2-7(11)14/h1-3,6,8-10,13,15-16H,4H2/t6-,8-,9-,10-/m1/s1. The van der Waals surface area contributed by atoms with Crippen LogP contribution in [0.25, 0.3) is 0 Å². The molecule has 104 valence electrons. The van der Waals surface area contributed by atoms with Gasteiger partial charge in [0.25, 0.3) is 11.2 Å². The summed E-state index contributed by atoms with van der Waals surface area (Å²) >= 11 is 0. The number of aliphatic hydroxyl groups excluding tert-OH is 3. The van der Waals surface area contributed by atoms with Gasteiger partial charge in [-0.3, -0.25) is 19.5 Å². The van der Waals surface area contributed by atoms with Gasteiger partial charge in [-0.2, -0.15) is 0 Å². The summed E-state index contributed by atoms with van der Waals surface area (Å²) in [7, 11) is 0. The minimum atomic E-state index is -1.46. The molecule has 1 aliphatic rings. The Kier molecular flexibility index (Phi) is 3.62. The molecule has 9 heteroatoms. The lowest BCUT2D eigenvalue weighted by atomic mass is 10.1. The van der Waals surface area contributed by atoms with Gasteiger partial charge in [0.1, 0.15) is 18.3 Å². The van der Waals surface area contributed by atoms with Crippen LogP contribution in [0.4, 0.5) is 5.69 Å². The van der Waals surface area contributed by atoms with Crippen LogP contribution >= 0.6 is 0 Å². The maximum absolute atomic E-state index is 11.6. The number of rotatable bonds is 3. The van der Waals surface area contributed by atoms with Crippen molar-refractivity contribution < 1.29 is 25.0 Å². The van der Waals surface area contributed by atoms with Crippen LogP contribution in [0.3, 0.4) is 0 Å². The van der Waals surface area contributed by atoms with Crippen molar-refractivity contribution in [1.29, 1.82) is 0 Å². The summed E-state index contributed by atoms with van der Waals surface area (Å²) in [6.45, 7) is -0.543. The Labute approximate surface area is 106 Å². The Hall–Kier alpha value is -1.81. The first-order valence-electron chi connectivity index (χ1n) is 5.44. The van der Waals surface area contributed by atoms with Gasteiger partial charge < -0.3 is 20.1 Å². The quantitative estimate of drug-likeness (QED) is 0.444. The molecule has 1 aromatic rings. The molecule has 3 N–H and O–H groups in total. The van der Waals surface area contributed by atoms with E-state index in [2.05, 4.69) is 0 Å². The Balaban J connectivity index is 2.39. The van der Waals surface area contributed by atoms with Gasteiger partial charge in [-0.25, -0.2) is 0 Å². The van der Waals surface area contributed by atoms with Gasteiger partial charge in [0.2, 0.25) is 0 Å². The lowest BCUT2D eigenvalue weighted by molar-refractivity contribution is -0.385. The highest BCUT2D eigenvalue weighted by atomic mass is 16.6. The molecule has 2 rings (SSSR count). The van der Waals surface area contributed by atoms with E-state index in [4.69, 9.17) is 9.84 Å². The predicted molar refractivity (Wildman–Crippen MR) is 60.4 cm³/mol. The van der Waals surface area contributed by atoms with Crippen molar-refractivity contribution in [2.24, 2.45) is 0 Å². The van der Waals surface area contributed by atoms with Gasteiger partial charge in [0.15, 0.2) is 6.23 Å². The van der Waals surface area contributed by atoms with Crippen LogP contribution in [0.2, 0.25) is 0 Å². The first-order valence-corrected chi connectivity index (χ1v) is 5.44. The van der Waals surface area contributed by atoms with Crippen molar-refractivity contribution in [3.8, 4) is 0 Å². The second-order valence-corrected chi connectivity index (χ2v) is 4.12. The maximum atomic E-state index is 11.6. The highest BCUT2D eigenvalue weighted by molar-refractivity contribution is 5.25. The summed E-state index contributed by atoms with van der Waals surface area (Å²) in [4.78, 5) is 21.6. The van der Waals surface area contributed by atoms with E-state index >= 15 is 0 Å². The van der Waals surface area contributed by atoms with Crippen LogP contribution in [0.1, 0.15) is 6.23 Å². The second-order valence-electron chi connectivity index (χ2n) is 4.12. The monoisotopic (exact) mass is 272 g/mol. The Morgan fingerprint density at radius 3 is 2.58 bits per heavy atom. The highest BCUT2D eigenvalue weighted by Gasteiger charge is 2.43. The fourth-order valence-corrected chi connectivity index (χ4v) is 1.91. The van der Waals surface area contributed by atoms with Gasteiger partial charge in [0.05, 0.1) is 17.7 Å². The van der Waals surface area contributed by atoms with Crippen molar-refractivity contribution in [3.05, 3.63) is 38.8 Å².